The van der Waals surface area contributed by atoms with E-state index in [-0.39, 0.29) is 0 Å². The van der Waals surface area contributed by atoms with Crippen molar-refractivity contribution in [3.8, 4) is 0 Å². The second-order valence-corrected chi connectivity index (χ2v) is 4.55. The SMILES string of the molecule is CCC(C)CC(C)CC(CC)CO. The van der Waals surface area contributed by atoms with Gasteiger partial charge in [0.15, 0.2) is 0 Å². The topological polar surface area (TPSA) is 20.2 Å². The van der Waals surface area contributed by atoms with E-state index in [1.54, 1.807) is 0 Å². The largest absolute Gasteiger partial charge is 0.396 e. The maximum atomic E-state index is 9.07. The predicted molar refractivity (Wildman–Crippen MR) is 58.7 cm³/mol. The highest BCUT2D eigenvalue weighted by molar-refractivity contribution is 4.64. The van der Waals surface area contributed by atoms with Gasteiger partial charge in [0, 0.05) is 6.61 Å². The first kappa shape index (κ1) is 13.0. The maximum Gasteiger partial charge on any atom is 0.0459 e. The monoisotopic (exact) mass is 186 g/mol. The lowest BCUT2D eigenvalue weighted by atomic mass is 9.87. The van der Waals surface area contributed by atoms with Crippen molar-refractivity contribution in [1.82, 2.24) is 0 Å². The average Bonchev–Trinajstić information content (AvgIpc) is 2.13. The van der Waals surface area contributed by atoms with Crippen molar-refractivity contribution in [3.63, 3.8) is 0 Å². The molecule has 0 saturated heterocycles. The van der Waals surface area contributed by atoms with Gasteiger partial charge >= 0.3 is 0 Å². The van der Waals surface area contributed by atoms with Crippen molar-refractivity contribution in [2.75, 3.05) is 6.61 Å². The lowest BCUT2D eigenvalue weighted by molar-refractivity contribution is 0.192. The van der Waals surface area contributed by atoms with Crippen LogP contribution < -0.4 is 0 Å². The molecule has 0 aliphatic rings. The summed E-state index contributed by atoms with van der Waals surface area (Å²) in [6.45, 7) is 9.40. The average molecular weight is 186 g/mol. The fourth-order valence-corrected chi connectivity index (χ4v) is 1.89. The van der Waals surface area contributed by atoms with E-state index >= 15 is 0 Å². The van der Waals surface area contributed by atoms with Crippen LogP contribution >= 0.6 is 0 Å². The molecule has 0 bridgehead atoms. The highest BCUT2D eigenvalue weighted by Crippen LogP contribution is 2.22. The molecule has 1 heteroatoms. The van der Waals surface area contributed by atoms with Crippen LogP contribution in [0.1, 0.15) is 53.4 Å². The summed E-state index contributed by atoms with van der Waals surface area (Å²) in [6, 6.07) is 0. The number of hydrogen-bond donors (Lipinski definition) is 1. The molecule has 0 amide bonds. The standard InChI is InChI=1S/C12H26O/c1-5-10(3)7-11(4)8-12(6-2)9-13/h10-13H,5-9H2,1-4H3. The summed E-state index contributed by atoms with van der Waals surface area (Å²) in [5, 5.41) is 9.07. The van der Waals surface area contributed by atoms with Gasteiger partial charge in [0.2, 0.25) is 0 Å². The molecular formula is C12H26O. The van der Waals surface area contributed by atoms with Gasteiger partial charge in [-0.15, -0.1) is 0 Å². The van der Waals surface area contributed by atoms with E-state index in [1.807, 2.05) is 0 Å². The number of hydrogen-bond acceptors (Lipinski definition) is 1. The lowest BCUT2D eigenvalue weighted by Gasteiger charge is -2.20. The van der Waals surface area contributed by atoms with E-state index in [1.165, 1.54) is 19.3 Å². The van der Waals surface area contributed by atoms with Crippen LogP contribution in [0, 0.1) is 17.8 Å². The molecule has 1 nitrogen and oxygen atoms in total. The van der Waals surface area contributed by atoms with E-state index < -0.39 is 0 Å². The molecule has 13 heavy (non-hydrogen) atoms. The Bertz CT molecular complexity index is 108. The molecule has 0 aromatic heterocycles. The van der Waals surface area contributed by atoms with Gasteiger partial charge in [-0.3, -0.25) is 0 Å². The van der Waals surface area contributed by atoms with Gasteiger partial charge in [0.1, 0.15) is 0 Å². The molecule has 0 spiro atoms. The Morgan fingerprint density at radius 3 is 1.92 bits per heavy atom. The molecule has 0 aromatic carbocycles. The molecule has 3 unspecified atom stereocenters. The minimum Gasteiger partial charge on any atom is -0.396 e. The quantitative estimate of drug-likeness (QED) is 0.645. The molecule has 0 rings (SSSR count). The fraction of sp³-hybridized carbons (Fsp3) is 1.00. The van der Waals surface area contributed by atoms with Crippen molar-refractivity contribution >= 4 is 0 Å². The minimum absolute atomic E-state index is 0.362. The van der Waals surface area contributed by atoms with Gasteiger partial charge in [-0.25, -0.2) is 0 Å². The zero-order valence-corrected chi connectivity index (χ0v) is 9.71. The highest BCUT2D eigenvalue weighted by atomic mass is 16.3. The molecule has 0 heterocycles. The molecular weight excluding hydrogens is 160 g/mol. The summed E-state index contributed by atoms with van der Waals surface area (Å²) >= 11 is 0. The Kier molecular flexibility index (Phi) is 7.35. The molecule has 0 radical (unpaired) electrons. The van der Waals surface area contributed by atoms with Gasteiger partial charge in [-0.05, 0) is 30.6 Å². The molecule has 0 aliphatic heterocycles. The van der Waals surface area contributed by atoms with Crippen LogP contribution in [0.2, 0.25) is 0 Å². The Morgan fingerprint density at radius 1 is 0.923 bits per heavy atom. The maximum absolute atomic E-state index is 9.07. The van der Waals surface area contributed by atoms with E-state index in [0.717, 1.165) is 18.3 Å². The highest BCUT2D eigenvalue weighted by Gasteiger charge is 2.12. The smallest absolute Gasteiger partial charge is 0.0459 e. The van der Waals surface area contributed by atoms with E-state index in [0.29, 0.717) is 12.5 Å². The van der Waals surface area contributed by atoms with Crippen LogP contribution in [0.15, 0.2) is 0 Å². The second-order valence-electron chi connectivity index (χ2n) is 4.55. The van der Waals surface area contributed by atoms with Crippen LogP contribution in [0.3, 0.4) is 0 Å². The first-order valence-electron chi connectivity index (χ1n) is 5.74. The summed E-state index contributed by atoms with van der Waals surface area (Å²) < 4.78 is 0. The number of aliphatic hydroxyl groups is 1. The Labute approximate surface area is 83.5 Å². The summed E-state index contributed by atoms with van der Waals surface area (Å²) in [5.74, 6) is 2.14. The van der Waals surface area contributed by atoms with Crippen molar-refractivity contribution in [2.45, 2.75) is 53.4 Å². The normalized spacial score (nSPS) is 18.2. The third-order valence-electron chi connectivity index (χ3n) is 3.07. The first-order valence-corrected chi connectivity index (χ1v) is 5.74. The molecule has 0 saturated carbocycles. The molecule has 3 atom stereocenters. The van der Waals surface area contributed by atoms with Crippen molar-refractivity contribution in [1.29, 1.82) is 0 Å². The minimum atomic E-state index is 0.362. The van der Waals surface area contributed by atoms with E-state index in [4.69, 9.17) is 5.11 Å². The summed E-state index contributed by atoms with van der Waals surface area (Å²) in [6.07, 6.45) is 4.89. The Hall–Kier alpha value is -0.0400. The molecule has 1 N–H and O–H groups in total. The molecule has 0 fully saturated rings. The number of aliphatic hydroxyl groups excluding tert-OH is 1. The van der Waals surface area contributed by atoms with Crippen molar-refractivity contribution in [3.05, 3.63) is 0 Å². The van der Waals surface area contributed by atoms with Gasteiger partial charge in [0.25, 0.3) is 0 Å². The number of rotatable bonds is 7. The summed E-state index contributed by atoms with van der Waals surface area (Å²) in [4.78, 5) is 0. The van der Waals surface area contributed by atoms with Gasteiger partial charge in [0.05, 0.1) is 0 Å². The lowest BCUT2D eigenvalue weighted by Crippen LogP contribution is -2.11. The zero-order chi connectivity index (χ0) is 10.3. The van der Waals surface area contributed by atoms with Crippen molar-refractivity contribution in [2.24, 2.45) is 17.8 Å². The predicted octanol–water partition coefficient (Wildman–Crippen LogP) is 3.47. The van der Waals surface area contributed by atoms with E-state index in [9.17, 15) is 0 Å². The second kappa shape index (κ2) is 7.37. The van der Waals surface area contributed by atoms with Crippen LogP contribution in [0.4, 0.5) is 0 Å². The molecule has 0 aliphatic carbocycles. The first-order chi connectivity index (χ1) is 6.13. The third-order valence-corrected chi connectivity index (χ3v) is 3.07. The third kappa shape index (κ3) is 6.09. The summed E-state index contributed by atoms with van der Waals surface area (Å²) in [5.41, 5.74) is 0. The molecule has 0 aromatic rings. The molecule has 80 valence electrons. The van der Waals surface area contributed by atoms with Gasteiger partial charge in [-0.2, -0.15) is 0 Å². The Balaban J connectivity index is 3.65. The summed E-state index contributed by atoms with van der Waals surface area (Å²) in [7, 11) is 0. The van der Waals surface area contributed by atoms with Crippen molar-refractivity contribution < 1.29 is 5.11 Å². The zero-order valence-electron chi connectivity index (χ0n) is 9.71. The van der Waals surface area contributed by atoms with E-state index in [2.05, 4.69) is 27.7 Å². The van der Waals surface area contributed by atoms with Crippen LogP contribution in [0.5, 0.6) is 0 Å². The van der Waals surface area contributed by atoms with Crippen LogP contribution in [-0.4, -0.2) is 11.7 Å². The fourth-order valence-electron chi connectivity index (χ4n) is 1.89. The van der Waals surface area contributed by atoms with Gasteiger partial charge in [-0.1, -0.05) is 40.5 Å². The van der Waals surface area contributed by atoms with Gasteiger partial charge < -0.3 is 5.11 Å². The van der Waals surface area contributed by atoms with Crippen LogP contribution in [0.25, 0.3) is 0 Å². The Morgan fingerprint density at radius 2 is 1.54 bits per heavy atom. The van der Waals surface area contributed by atoms with Crippen LogP contribution in [-0.2, 0) is 0 Å².